The third kappa shape index (κ3) is 19.5. The van der Waals surface area contributed by atoms with Gasteiger partial charge in [-0.05, 0) is 13.8 Å². The molecule has 0 saturated carbocycles. The first-order valence-electron chi connectivity index (χ1n) is 12.0. The minimum Gasteiger partial charge on any atom is -0.480 e. The average molecular weight is 493 g/mol. The van der Waals surface area contributed by atoms with Crippen molar-refractivity contribution in [3.8, 4) is 0 Å². The van der Waals surface area contributed by atoms with Crippen molar-refractivity contribution in [2.75, 3.05) is 79.1 Å². The highest BCUT2D eigenvalue weighted by Crippen LogP contribution is 2.03. The summed E-state index contributed by atoms with van der Waals surface area (Å²) < 4.78 is 0. The van der Waals surface area contributed by atoms with Crippen LogP contribution >= 0.6 is 0 Å². The normalized spacial score (nSPS) is 17.5. The van der Waals surface area contributed by atoms with E-state index in [4.69, 9.17) is 15.3 Å². The molecule has 0 bridgehead atoms. The molecule has 1 rings (SSSR count). The summed E-state index contributed by atoms with van der Waals surface area (Å²) in [7, 11) is 1.00. The minimum absolute atomic E-state index is 0.0273. The monoisotopic (exact) mass is 492 g/mol. The van der Waals surface area contributed by atoms with Crippen LogP contribution in [0.25, 0.3) is 0 Å². The van der Waals surface area contributed by atoms with Gasteiger partial charge in [-0.25, -0.2) is 0 Å². The number of aliphatic hydroxyl groups excluding tert-OH is 1. The second-order valence-electron chi connectivity index (χ2n) is 7.23. The first kappa shape index (κ1) is 36.6. The van der Waals surface area contributed by atoms with Crippen LogP contribution in [-0.2, 0) is 19.2 Å². The number of ketones is 1. The predicted octanol–water partition coefficient (Wildman–Crippen LogP) is 0.215. The standard InChI is InChI=1S/C18H32N4O6.2C2H6.CH4O/c1-15(14-23)22-9-7-19(11-16(2)24)3-4-20(12-17(25)26)5-6-21(8-10-22)13-18(27)28;3*1-2/h14-15H,3-13H2,1-2H3,(H,25,26)(H,27,28);2*1-2H3;2H,1H3. The van der Waals surface area contributed by atoms with Crippen LogP contribution in [-0.4, -0.2) is 144 Å². The van der Waals surface area contributed by atoms with Crippen LogP contribution in [0.3, 0.4) is 0 Å². The Hall–Kier alpha value is -1.92. The summed E-state index contributed by atoms with van der Waals surface area (Å²) >= 11 is 0. The number of hydrogen-bond acceptors (Lipinski definition) is 9. The van der Waals surface area contributed by atoms with Gasteiger partial charge in [0.25, 0.3) is 0 Å². The lowest BCUT2D eigenvalue weighted by molar-refractivity contribution is -0.140. The Labute approximate surface area is 205 Å². The molecule has 0 aromatic carbocycles. The highest BCUT2D eigenvalue weighted by atomic mass is 16.4. The lowest BCUT2D eigenvalue weighted by Crippen LogP contribution is -2.50. The highest BCUT2D eigenvalue weighted by Gasteiger charge is 2.21. The molecule has 0 amide bonds. The van der Waals surface area contributed by atoms with E-state index in [0.717, 1.165) is 13.4 Å². The molecule has 0 aromatic rings. The molecule has 1 atom stereocenters. The summed E-state index contributed by atoms with van der Waals surface area (Å²) in [6.07, 6.45) is 0.858. The van der Waals surface area contributed by atoms with Gasteiger partial charge in [0.15, 0.2) is 0 Å². The van der Waals surface area contributed by atoms with E-state index in [9.17, 15) is 19.2 Å². The Morgan fingerprint density at radius 2 is 1.00 bits per heavy atom. The number of aliphatic hydroxyl groups is 1. The van der Waals surface area contributed by atoms with Crippen LogP contribution in [0, 0.1) is 0 Å². The zero-order valence-corrected chi connectivity index (χ0v) is 22.2. The molecule has 1 aliphatic rings. The Morgan fingerprint density at radius 3 is 1.26 bits per heavy atom. The fourth-order valence-corrected chi connectivity index (χ4v) is 3.22. The van der Waals surface area contributed by atoms with Crippen molar-refractivity contribution in [2.45, 2.75) is 47.6 Å². The molecule has 0 aromatic heterocycles. The predicted molar refractivity (Wildman–Crippen MR) is 133 cm³/mol. The van der Waals surface area contributed by atoms with Crippen LogP contribution in [0.4, 0.5) is 0 Å². The molecule has 0 radical (unpaired) electrons. The largest absolute Gasteiger partial charge is 0.480 e. The third-order valence-electron chi connectivity index (χ3n) is 4.81. The second-order valence-corrected chi connectivity index (χ2v) is 7.23. The van der Waals surface area contributed by atoms with Crippen molar-refractivity contribution in [2.24, 2.45) is 0 Å². The Balaban J connectivity index is -0.00000148. The number of carboxylic acid groups (broad SMARTS) is 2. The van der Waals surface area contributed by atoms with Gasteiger partial charge in [-0.15, -0.1) is 0 Å². The van der Waals surface area contributed by atoms with E-state index in [1.165, 1.54) is 6.92 Å². The van der Waals surface area contributed by atoms with Gasteiger partial charge in [-0.1, -0.05) is 27.7 Å². The molecule has 1 unspecified atom stereocenters. The number of aliphatic carboxylic acids is 2. The van der Waals surface area contributed by atoms with E-state index in [1.807, 2.05) is 37.5 Å². The van der Waals surface area contributed by atoms with Crippen molar-refractivity contribution in [1.82, 2.24) is 19.6 Å². The van der Waals surface area contributed by atoms with Crippen LogP contribution in [0.5, 0.6) is 0 Å². The molecular formula is C23H48N4O7. The van der Waals surface area contributed by atoms with Crippen LogP contribution < -0.4 is 0 Å². The molecular weight excluding hydrogens is 444 g/mol. The first-order valence-corrected chi connectivity index (χ1v) is 12.0. The quantitative estimate of drug-likeness (QED) is 0.400. The van der Waals surface area contributed by atoms with Crippen LogP contribution in [0.1, 0.15) is 41.5 Å². The van der Waals surface area contributed by atoms with Crippen molar-refractivity contribution < 1.29 is 34.5 Å². The molecule has 11 heteroatoms. The molecule has 34 heavy (non-hydrogen) atoms. The van der Waals surface area contributed by atoms with E-state index < -0.39 is 11.9 Å². The van der Waals surface area contributed by atoms with Crippen LogP contribution in [0.15, 0.2) is 0 Å². The molecule has 1 saturated heterocycles. The van der Waals surface area contributed by atoms with E-state index in [0.29, 0.717) is 52.4 Å². The van der Waals surface area contributed by atoms with Gasteiger partial charge in [0.2, 0.25) is 0 Å². The van der Waals surface area contributed by atoms with E-state index in [-0.39, 0.29) is 31.5 Å². The maximum atomic E-state index is 11.6. The summed E-state index contributed by atoms with van der Waals surface area (Å²) in [6, 6.07) is -0.308. The van der Waals surface area contributed by atoms with Gasteiger partial charge < -0.3 is 20.1 Å². The molecule has 0 spiro atoms. The Kier molecular flexibility index (Phi) is 26.1. The van der Waals surface area contributed by atoms with E-state index in [1.54, 1.807) is 16.7 Å². The van der Waals surface area contributed by atoms with Gasteiger partial charge in [0.05, 0.1) is 25.7 Å². The van der Waals surface area contributed by atoms with Crippen molar-refractivity contribution in [3.63, 3.8) is 0 Å². The fourth-order valence-electron chi connectivity index (χ4n) is 3.22. The number of rotatable bonds is 8. The van der Waals surface area contributed by atoms with Gasteiger partial charge in [-0.3, -0.25) is 34.0 Å². The number of aldehydes is 1. The lowest BCUT2D eigenvalue weighted by atomic mass is 10.2. The zero-order valence-electron chi connectivity index (χ0n) is 22.2. The molecule has 1 fully saturated rings. The number of carbonyl (C=O) groups excluding carboxylic acids is 2. The fraction of sp³-hybridized carbons (Fsp3) is 0.826. The number of Topliss-reactive ketones (excluding diaryl/α,β-unsaturated/α-hetero) is 1. The second kappa shape index (κ2) is 24.2. The topological polar surface area (TPSA) is 142 Å². The third-order valence-corrected chi connectivity index (χ3v) is 4.81. The molecule has 1 aliphatic heterocycles. The number of nitrogens with zero attached hydrogens (tertiary/aromatic N) is 4. The number of carboxylic acids is 2. The summed E-state index contributed by atoms with van der Waals surface area (Å²) in [5.74, 6) is -1.86. The summed E-state index contributed by atoms with van der Waals surface area (Å²) in [6.45, 7) is 15.2. The van der Waals surface area contributed by atoms with E-state index in [2.05, 4.69) is 0 Å². The smallest absolute Gasteiger partial charge is 0.317 e. The Morgan fingerprint density at radius 1 is 0.706 bits per heavy atom. The molecule has 0 aliphatic carbocycles. The SMILES string of the molecule is CC.CC.CC(=O)CN1CCN(CC(=O)O)CCN(CC(=O)O)CCN(C(C)C=O)CC1.CO. The van der Waals surface area contributed by atoms with Gasteiger partial charge >= 0.3 is 11.9 Å². The Bertz CT molecular complexity index is 517. The first-order chi connectivity index (χ1) is 16.2. The van der Waals surface area contributed by atoms with Crippen molar-refractivity contribution in [1.29, 1.82) is 0 Å². The zero-order chi connectivity index (χ0) is 27.1. The maximum Gasteiger partial charge on any atom is 0.317 e. The number of carbonyl (C=O) groups is 4. The molecule has 1 heterocycles. The summed E-state index contributed by atoms with van der Waals surface area (Å²) in [5.41, 5.74) is 0. The summed E-state index contributed by atoms with van der Waals surface area (Å²) in [4.78, 5) is 52.6. The van der Waals surface area contributed by atoms with Crippen molar-refractivity contribution in [3.05, 3.63) is 0 Å². The van der Waals surface area contributed by atoms with Crippen LogP contribution in [0.2, 0.25) is 0 Å². The maximum absolute atomic E-state index is 11.6. The minimum atomic E-state index is -0.945. The number of hydrogen-bond donors (Lipinski definition) is 3. The van der Waals surface area contributed by atoms with Gasteiger partial charge in [0.1, 0.15) is 12.1 Å². The highest BCUT2D eigenvalue weighted by molar-refractivity contribution is 5.77. The molecule has 11 nitrogen and oxygen atoms in total. The summed E-state index contributed by atoms with van der Waals surface area (Å²) in [5, 5.41) is 25.3. The molecule has 202 valence electrons. The average Bonchev–Trinajstić information content (AvgIpc) is 2.81. The van der Waals surface area contributed by atoms with Gasteiger partial charge in [0, 0.05) is 59.5 Å². The van der Waals surface area contributed by atoms with E-state index >= 15 is 0 Å². The molecule has 3 N–H and O–H groups in total. The van der Waals surface area contributed by atoms with Crippen molar-refractivity contribution >= 4 is 24.0 Å². The lowest BCUT2D eigenvalue weighted by Gasteiger charge is -2.34. The van der Waals surface area contributed by atoms with Gasteiger partial charge in [-0.2, -0.15) is 0 Å².